The van der Waals surface area contributed by atoms with Gasteiger partial charge in [0.1, 0.15) is 0 Å². The lowest BCUT2D eigenvalue weighted by molar-refractivity contribution is 0.0574. The minimum absolute atomic E-state index is 0.0837. The third kappa shape index (κ3) is 3.11. The van der Waals surface area contributed by atoms with Gasteiger partial charge in [0.15, 0.2) is 5.69 Å². The molecule has 21 heavy (non-hydrogen) atoms. The number of aromatic nitrogens is 2. The van der Waals surface area contributed by atoms with Gasteiger partial charge in [0, 0.05) is 18.0 Å². The summed E-state index contributed by atoms with van der Waals surface area (Å²) in [7, 11) is 0. The number of nitrogens with one attached hydrogen (secondary N) is 1. The van der Waals surface area contributed by atoms with Gasteiger partial charge in [-0.2, -0.15) is 5.10 Å². The molecule has 0 bridgehead atoms. The second-order valence-corrected chi connectivity index (χ2v) is 5.35. The Kier molecular flexibility index (Phi) is 4.37. The van der Waals surface area contributed by atoms with Gasteiger partial charge in [-0.3, -0.25) is 9.59 Å². The molecule has 1 aromatic heterocycles. The standard InChI is InChI=1S/C15H19N3O3/c1-9(2)18(8-10(3)19)15(21)13-11-6-4-5-7-12(11)14(20)17-16-13/h4-7,9-10,19H,8H2,1-3H3,(H,17,20). The number of amides is 1. The second kappa shape index (κ2) is 6.05. The van der Waals surface area contributed by atoms with Crippen LogP contribution in [0.3, 0.4) is 0 Å². The number of benzene rings is 1. The molecule has 112 valence electrons. The van der Waals surface area contributed by atoms with Gasteiger partial charge in [-0.25, -0.2) is 5.10 Å². The third-order valence-corrected chi connectivity index (χ3v) is 3.24. The Morgan fingerprint density at radius 3 is 2.48 bits per heavy atom. The maximum Gasteiger partial charge on any atom is 0.275 e. The zero-order valence-electron chi connectivity index (χ0n) is 12.3. The van der Waals surface area contributed by atoms with Gasteiger partial charge >= 0.3 is 0 Å². The molecule has 0 radical (unpaired) electrons. The van der Waals surface area contributed by atoms with E-state index < -0.39 is 6.10 Å². The highest BCUT2D eigenvalue weighted by Gasteiger charge is 2.23. The van der Waals surface area contributed by atoms with Gasteiger partial charge in [0.25, 0.3) is 11.5 Å². The number of rotatable bonds is 4. The monoisotopic (exact) mass is 289 g/mol. The van der Waals surface area contributed by atoms with E-state index in [-0.39, 0.29) is 29.7 Å². The van der Waals surface area contributed by atoms with E-state index >= 15 is 0 Å². The van der Waals surface area contributed by atoms with Gasteiger partial charge in [-0.15, -0.1) is 0 Å². The van der Waals surface area contributed by atoms with Crippen LogP contribution < -0.4 is 5.56 Å². The minimum atomic E-state index is -0.634. The maximum absolute atomic E-state index is 12.7. The minimum Gasteiger partial charge on any atom is -0.392 e. The number of hydrogen-bond acceptors (Lipinski definition) is 4. The number of H-pyrrole nitrogens is 1. The summed E-state index contributed by atoms with van der Waals surface area (Å²) in [6, 6.07) is 6.77. The summed E-state index contributed by atoms with van der Waals surface area (Å²) >= 11 is 0. The topological polar surface area (TPSA) is 86.3 Å². The van der Waals surface area contributed by atoms with E-state index in [0.29, 0.717) is 10.8 Å². The number of aliphatic hydroxyl groups is 1. The predicted octanol–water partition coefficient (Wildman–Crippen LogP) is 1.15. The molecule has 2 aromatic rings. The van der Waals surface area contributed by atoms with Crippen molar-refractivity contribution in [3.63, 3.8) is 0 Å². The summed E-state index contributed by atoms with van der Waals surface area (Å²) in [4.78, 5) is 26.0. The van der Waals surface area contributed by atoms with Crippen molar-refractivity contribution >= 4 is 16.7 Å². The van der Waals surface area contributed by atoms with Gasteiger partial charge < -0.3 is 10.0 Å². The maximum atomic E-state index is 12.7. The van der Waals surface area contributed by atoms with Crippen molar-refractivity contribution in [3.8, 4) is 0 Å². The van der Waals surface area contributed by atoms with Gasteiger partial charge in [0.2, 0.25) is 0 Å². The Hall–Kier alpha value is -2.21. The van der Waals surface area contributed by atoms with Crippen LogP contribution in [0, 0.1) is 0 Å². The van der Waals surface area contributed by atoms with E-state index in [1.54, 1.807) is 31.2 Å². The number of nitrogens with zero attached hydrogens (tertiary/aromatic N) is 2. The molecule has 0 aliphatic heterocycles. The predicted molar refractivity (Wildman–Crippen MR) is 80.2 cm³/mol. The number of carbonyl (C=O) groups excluding carboxylic acids is 1. The molecule has 1 heterocycles. The molecule has 0 saturated heterocycles. The Labute approximate surface area is 122 Å². The van der Waals surface area contributed by atoms with Crippen LogP contribution in [0.1, 0.15) is 31.3 Å². The van der Waals surface area contributed by atoms with Crippen molar-refractivity contribution in [1.82, 2.24) is 15.1 Å². The highest BCUT2D eigenvalue weighted by molar-refractivity contribution is 6.04. The Balaban J connectivity index is 2.52. The fourth-order valence-electron chi connectivity index (χ4n) is 2.23. The normalized spacial score (nSPS) is 12.6. The molecule has 1 amide bonds. The molecule has 1 aromatic carbocycles. The highest BCUT2D eigenvalue weighted by Crippen LogP contribution is 2.16. The average molecular weight is 289 g/mol. The van der Waals surface area contributed by atoms with Crippen molar-refractivity contribution in [3.05, 3.63) is 40.3 Å². The molecule has 6 nitrogen and oxygen atoms in total. The molecule has 0 aliphatic rings. The molecule has 1 atom stereocenters. The lowest BCUT2D eigenvalue weighted by Crippen LogP contribution is -2.42. The van der Waals surface area contributed by atoms with Crippen LogP contribution in [-0.4, -0.2) is 44.8 Å². The van der Waals surface area contributed by atoms with Crippen LogP contribution in [0.5, 0.6) is 0 Å². The quantitative estimate of drug-likeness (QED) is 0.884. The second-order valence-electron chi connectivity index (χ2n) is 5.35. The van der Waals surface area contributed by atoms with Crippen molar-refractivity contribution in [2.45, 2.75) is 32.9 Å². The molecular formula is C15H19N3O3. The largest absolute Gasteiger partial charge is 0.392 e. The molecular weight excluding hydrogens is 270 g/mol. The Morgan fingerprint density at radius 1 is 1.29 bits per heavy atom. The van der Waals surface area contributed by atoms with Gasteiger partial charge in [0.05, 0.1) is 11.5 Å². The lowest BCUT2D eigenvalue weighted by atomic mass is 10.1. The Morgan fingerprint density at radius 2 is 1.90 bits per heavy atom. The number of aromatic amines is 1. The number of hydrogen-bond donors (Lipinski definition) is 2. The molecule has 0 spiro atoms. The zero-order valence-corrected chi connectivity index (χ0v) is 12.3. The van der Waals surface area contributed by atoms with Gasteiger partial charge in [-0.05, 0) is 26.8 Å². The highest BCUT2D eigenvalue weighted by atomic mass is 16.3. The lowest BCUT2D eigenvalue weighted by Gasteiger charge is -2.27. The molecule has 0 aliphatic carbocycles. The van der Waals surface area contributed by atoms with Crippen molar-refractivity contribution in [2.24, 2.45) is 0 Å². The van der Waals surface area contributed by atoms with Gasteiger partial charge in [-0.1, -0.05) is 18.2 Å². The fourth-order valence-corrected chi connectivity index (χ4v) is 2.23. The van der Waals surface area contributed by atoms with E-state index in [2.05, 4.69) is 10.2 Å². The molecule has 0 fully saturated rings. The van der Waals surface area contributed by atoms with E-state index in [1.165, 1.54) is 4.90 Å². The first-order valence-electron chi connectivity index (χ1n) is 6.88. The summed E-state index contributed by atoms with van der Waals surface area (Å²) < 4.78 is 0. The SMILES string of the molecule is CC(O)CN(C(=O)c1n[nH]c(=O)c2ccccc12)C(C)C. The summed E-state index contributed by atoms with van der Waals surface area (Å²) in [5, 5.41) is 16.8. The summed E-state index contributed by atoms with van der Waals surface area (Å²) in [6.07, 6.45) is -0.634. The third-order valence-electron chi connectivity index (χ3n) is 3.24. The van der Waals surface area contributed by atoms with E-state index in [0.717, 1.165) is 0 Å². The average Bonchev–Trinajstić information content (AvgIpc) is 2.44. The van der Waals surface area contributed by atoms with E-state index in [1.807, 2.05) is 13.8 Å². The first kappa shape index (κ1) is 15.2. The first-order valence-corrected chi connectivity index (χ1v) is 6.88. The number of fused-ring (bicyclic) bond motifs is 1. The zero-order chi connectivity index (χ0) is 15.6. The van der Waals surface area contributed by atoms with Crippen molar-refractivity contribution in [2.75, 3.05) is 6.54 Å². The number of carbonyl (C=O) groups is 1. The van der Waals surface area contributed by atoms with Crippen LogP contribution >= 0.6 is 0 Å². The van der Waals surface area contributed by atoms with E-state index in [9.17, 15) is 14.7 Å². The van der Waals surface area contributed by atoms with Crippen LogP contribution in [0.4, 0.5) is 0 Å². The summed E-state index contributed by atoms with van der Waals surface area (Å²) in [5.41, 5.74) is -0.131. The van der Waals surface area contributed by atoms with Crippen LogP contribution in [0.2, 0.25) is 0 Å². The molecule has 2 rings (SSSR count). The van der Waals surface area contributed by atoms with Crippen LogP contribution in [0.25, 0.3) is 10.8 Å². The smallest absolute Gasteiger partial charge is 0.275 e. The number of aliphatic hydroxyl groups excluding tert-OH is 1. The summed E-state index contributed by atoms with van der Waals surface area (Å²) in [5.74, 6) is -0.307. The molecule has 0 saturated carbocycles. The molecule has 1 unspecified atom stereocenters. The summed E-state index contributed by atoms with van der Waals surface area (Å²) in [6.45, 7) is 5.58. The fraction of sp³-hybridized carbons (Fsp3) is 0.400. The van der Waals surface area contributed by atoms with Crippen LogP contribution in [-0.2, 0) is 0 Å². The first-order chi connectivity index (χ1) is 9.91. The molecule has 6 heteroatoms. The van der Waals surface area contributed by atoms with Crippen LogP contribution in [0.15, 0.2) is 29.1 Å². The van der Waals surface area contributed by atoms with Crippen molar-refractivity contribution < 1.29 is 9.90 Å². The van der Waals surface area contributed by atoms with Crippen molar-refractivity contribution in [1.29, 1.82) is 0 Å². The molecule has 2 N–H and O–H groups in total. The van der Waals surface area contributed by atoms with E-state index in [4.69, 9.17) is 0 Å². The Bertz CT molecular complexity index is 707.